The Morgan fingerprint density at radius 1 is 0.976 bits per heavy atom. The van der Waals surface area contributed by atoms with E-state index in [1.807, 2.05) is 12.1 Å². The number of rotatable bonds is 7. The summed E-state index contributed by atoms with van der Waals surface area (Å²) in [5, 5.41) is 6.92. The van der Waals surface area contributed by atoms with Gasteiger partial charge in [0.15, 0.2) is 0 Å². The summed E-state index contributed by atoms with van der Waals surface area (Å²) < 4.78 is 47.9. The van der Waals surface area contributed by atoms with Crippen LogP contribution in [0, 0.1) is 5.82 Å². The van der Waals surface area contributed by atoms with Gasteiger partial charge < -0.3 is 9.32 Å². The summed E-state index contributed by atoms with van der Waals surface area (Å²) in [5.74, 6) is -0.447. The molecule has 0 radical (unpaired) electrons. The van der Waals surface area contributed by atoms with Crippen molar-refractivity contribution in [1.29, 1.82) is 0 Å². The molecule has 0 N–H and O–H groups in total. The first kappa shape index (κ1) is 27.1. The van der Waals surface area contributed by atoms with E-state index < -0.39 is 18.1 Å². The Kier molecular flexibility index (Phi) is 7.30. The largest absolute Gasteiger partial charge is 0.415 e. The van der Waals surface area contributed by atoms with Crippen molar-refractivity contribution in [2.24, 2.45) is 0 Å². The average molecular weight is 582 g/mol. The van der Waals surface area contributed by atoms with E-state index in [9.17, 15) is 13.6 Å². The lowest BCUT2D eigenvalue weighted by atomic mass is 10.1. The highest BCUT2D eigenvalue weighted by Crippen LogP contribution is 2.30. The third kappa shape index (κ3) is 5.46. The van der Waals surface area contributed by atoms with Crippen LogP contribution < -0.4 is 9.77 Å². The number of nitrogens with zero attached hydrogens (tertiary/aromatic N) is 7. The second kappa shape index (κ2) is 11.1. The molecule has 0 atom stereocenters. The molecule has 1 aliphatic rings. The predicted octanol–water partition coefficient (Wildman–Crippen LogP) is 5.23. The number of hydrogen-bond acceptors (Lipinski definition) is 9. The molecular weight excluding hydrogens is 555 g/mol. The lowest BCUT2D eigenvalue weighted by Gasteiger charge is -2.37. The van der Waals surface area contributed by atoms with Crippen molar-refractivity contribution in [2.75, 3.05) is 31.1 Å². The molecule has 5 heterocycles. The van der Waals surface area contributed by atoms with Crippen molar-refractivity contribution < 1.29 is 17.6 Å². The van der Waals surface area contributed by atoms with Gasteiger partial charge >= 0.3 is 11.3 Å². The maximum atomic E-state index is 15.4. The molecule has 13 heteroatoms. The lowest BCUT2D eigenvalue weighted by Crippen LogP contribution is -2.49. The summed E-state index contributed by atoms with van der Waals surface area (Å²) >= 11 is 1.02. The summed E-state index contributed by atoms with van der Waals surface area (Å²) in [5.41, 5.74) is 2.35. The Balaban J connectivity index is 1.20. The van der Waals surface area contributed by atoms with Crippen LogP contribution >= 0.6 is 11.3 Å². The molecule has 0 spiro atoms. The molecule has 9 nitrogen and oxygen atoms in total. The minimum absolute atomic E-state index is 0.0803. The predicted molar refractivity (Wildman–Crippen MR) is 150 cm³/mol. The second-order valence-corrected chi connectivity index (χ2v) is 11.1. The van der Waals surface area contributed by atoms with Gasteiger partial charge in [0, 0.05) is 55.7 Å². The number of pyridine rings is 2. The highest BCUT2D eigenvalue weighted by Gasteiger charge is 2.21. The summed E-state index contributed by atoms with van der Waals surface area (Å²) in [6.07, 6.45) is 0.208. The number of anilines is 1. The van der Waals surface area contributed by atoms with Gasteiger partial charge in [-0.2, -0.15) is 8.78 Å². The minimum Gasteiger partial charge on any atom is -0.415 e. The highest BCUT2D eigenvalue weighted by molar-refractivity contribution is 7.16. The van der Waals surface area contributed by atoms with Crippen molar-refractivity contribution in [3.8, 4) is 22.6 Å². The lowest BCUT2D eigenvalue weighted by molar-refractivity contribution is 0.116. The smallest absolute Gasteiger partial charge is 0.314 e. The van der Waals surface area contributed by atoms with Gasteiger partial charge in [0.25, 0.3) is 5.89 Å². The van der Waals surface area contributed by atoms with Crippen LogP contribution in [0.25, 0.3) is 32.8 Å². The molecule has 1 saturated heterocycles. The minimum atomic E-state index is -2.87. The van der Waals surface area contributed by atoms with Crippen LogP contribution in [0.2, 0.25) is 0 Å². The van der Waals surface area contributed by atoms with E-state index in [1.54, 1.807) is 24.4 Å². The number of benzene rings is 1. The standard InChI is InChI=1S/C28H26F3N7O2S/c1-16(2)36-7-9-37(10-8-36)24-6-4-17(13-33-24)20-11-23-22(12-21(20)29)38(28(39)41-23)15-19-5-3-18(14-32-19)26-34-35-27(40-26)25(30)31/h3-6,11-14,16,25H,7-10,15H2,1-2H3. The highest BCUT2D eigenvalue weighted by atomic mass is 32.1. The monoisotopic (exact) mass is 581 g/mol. The molecule has 0 bridgehead atoms. The molecule has 0 amide bonds. The summed E-state index contributed by atoms with van der Waals surface area (Å²) in [6, 6.07) is 10.5. The molecule has 1 aliphatic heterocycles. The maximum Gasteiger partial charge on any atom is 0.314 e. The zero-order valence-corrected chi connectivity index (χ0v) is 23.1. The van der Waals surface area contributed by atoms with Crippen LogP contribution in [-0.2, 0) is 6.54 Å². The van der Waals surface area contributed by atoms with Crippen LogP contribution in [-0.4, -0.2) is 61.9 Å². The van der Waals surface area contributed by atoms with Gasteiger partial charge in [-0.15, -0.1) is 10.2 Å². The van der Waals surface area contributed by atoms with Crippen molar-refractivity contribution in [2.45, 2.75) is 32.9 Å². The van der Waals surface area contributed by atoms with E-state index in [2.05, 4.69) is 43.8 Å². The van der Waals surface area contributed by atoms with Gasteiger partial charge in [0.1, 0.15) is 11.6 Å². The molecule has 212 valence electrons. The first-order valence-electron chi connectivity index (χ1n) is 13.1. The molecule has 4 aromatic heterocycles. The number of hydrogen-bond donors (Lipinski definition) is 0. The molecule has 1 aromatic carbocycles. The van der Waals surface area contributed by atoms with Crippen molar-refractivity contribution in [1.82, 2.24) is 29.6 Å². The maximum absolute atomic E-state index is 15.4. The first-order valence-corrected chi connectivity index (χ1v) is 13.9. The number of halogens is 3. The fourth-order valence-corrected chi connectivity index (χ4v) is 5.81. The second-order valence-electron chi connectivity index (χ2n) is 10.1. The molecule has 0 saturated carbocycles. The van der Waals surface area contributed by atoms with E-state index in [-0.39, 0.29) is 17.3 Å². The fourth-order valence-electron chi connectivity index (χ4n) is 4.90. The number of thiazole rings is 1. The first-order chi connectivity index (χ1) is 19.8. The molecule has 41 heavy (non-hydrogen) atoms. The van der Waals surface area contributed by atoms with E-state index in [1.165, 1.54) is 16.8 Å². The van der Waals surface area contributed by atoms with Crippen LogP contribution in [0.5, 0.6) is 0 Å². The van der Waals surface area contributed by atoms with E-state index in [0.29, 0.717) is 38.6 Å². The Hall–Kier alpha value is -4.10. The van der Waals surface area contributed by atoms with Crippen LogP contribution in [0.4, 0.5) is 19.0 Å². The third-order valence-electron chi connectivity index (χ3n) is 7.20. The van der Waals surface area contributed by atoms with Crippen LogP contribution in [0.1, 0.15) is 31.9 Å². The Bertz CT molecular complexity index is 1720. The molecular formula is C28H26F3N7O2S. The van der Waals surface area contributed by atoms with Gasteiger partial charge in [0.05, 0.1) is 28.0 Å². The number of fused-ring (bicyclic) bond motifs is 1. The number of aromatic nitrogens is 5. The van der Waals surface area contributed by atoms with E-state index in [4.69, 9.17) is 4.42 Å². The summed E-state index contributed by atoms with van der Waals surface area (Å²) in [6.45, 7) is 8.22. The SMILES string of the molecule is CC(C)N1CCN(c2ccc(-c3cc4sc(=O)n(Cc5ccc(-c6nnc(C(F)F)o6)cn5)c4cc3F)cn2)CC1. The molecule has 0 unspecified atom stereocenters. The average Bonchev–Trinajstić information content (AvgIpc) is 3.59. The summed E-state index contributed by atoms with van der Waals surface area (Å²) in [7, 11) is 0. The Labute approximate surface area is 236 Å². The molecule has 0 aliphatic carbocycles. The van der Waals surface area contributed by atoms with Gasteiger partial charge in [0.2, 0.25) is 5.89 Å². The van der Waals surface area contributed by atoms with Crippen LogP contribution in [0.15, 0.2) is 58.0 Å². The van der Waals surface area contributed by atoms with E-state index >= 15 is 4.39 Å². The van der Waals surface area contributed by atoms with E-state index in [0.717, 1.165) is 43.3 Å². The fraction of sp³-hybridized carbons (Fsp3) is 0.321. The van der Waals surface area contributed by atoms with Crippen molar-refractivity contribution in [3.05, 3.63) is 75.9 Å². The van der Waals surface area contributed by atoms with Crippen LogP contribution in [0.3, 0.4) is 0 Å². The van der Waals surface area contributed by atoms with Crippen molar-refractivity contribution in [3.63, 3.8) is 0 Å². The Morgan fingerprint density at radius 2 is 1.73 bits per heavy atom. The van der Waals surface area contributed by atoms with Crippen molar-refractivity contribution >= 4 is 27.4 Å². The Morgan fingerprint density at radius 3 is 2.37 bits per heavy atom. The van der Waals surface area contributed by atoms with Gasteiger partial charge in [-0.3, -0.25) is 19.2 Å². The molecule has 5 aromatic rings. The zero-order chi connectivity index (χ0) is 28.7. The van der Waals surface area contributed by atoms with Gasteiger partial charge in [-0.1, -0.05) is 11.3 Å². The quantitative estimate of drug-likeness (QED) is 0.258. The third-order valence-corrected chi connectivity index (χ3v) is 8.15. The summed E-state index contributed by atoms with van der Waals surface area (Å²) in [4.78, 5) is 26.2. The zero-order valence-electron chi connectivity index (χ0n) is 22.3. The molecule has 6 rings (SSSR count). The number of piperazine rings is 1. The number of alkyl halides is 2. The van der Waals surface area contributed by atoms with Gasteiger partial charge in [-0.25, -0.2) is 9.37 Å². The van der Waals surface area contributed by atoms with Gasteiger partial charge in [-0.05, 0) is 50.2 Å². The normalized spacial score (nSPS) is 14.6. The topological polar surface area (TPSA) is 93.2 Å². The molecule has 1 fully saturated rings.